The fourth-order valence-electron chi connectivity index (χ4n) is 4.34. The van der Waals surface area contributed by atoms with E-state index in [2.05, 4.69) is 0 Å². The largest absolute Gasteiger partial charge is 0.632 e. The summed E-state index contributed by atoms with van der Waals surface area (Å²) in [6.45, 7) is 0.855. The number of benzene rings is 2. The molecule has 0 bridgehead atoms. The van der Waals surface area contributed by atoms with Gasteiger partial charge in [0.25, 0.3) is 0 Å². The first-order chi connectivity index (χ1) is 12.5. The van der Waals surface area contributed by atoms with E-state index in [0.29, 0.717) is 43.2 Å². The number of methoxy groups -OCH3 is 3. The summed E-state index contributed by atoms with van der Waals surface area (Å²) < 4.78 is 15.7. The van der Waals surface area contributed by atoms with Crippen LogP contribution in [0.4, 0.5) is 0 Å². The van der Waals surface area contributed by atoms with Crippen LogP contribution >= 0.6 is 0 Å². The molecule has 0 radical (unpaired) electrons. The number of hydrogen-bond acceptors (Lipinski definition) is 5. The topological polar surface area (TPSA) is 71.0 Å². The van der Waals surface area contributed by atoms with E-state index >= 15 is 0 Å². The molecule has 0 aliphatic carbocycles. The molecular weight excluding hydrogens is 334 g/mol. The second kappa shape index (κ2) is 6.07. The number of nitrogens with zero attached hydrogens (tertiary/aromatic N) is 1. The molecule has 0 saturated carbocycles. The first-order valence-corrected chi connectivity index (χ1v) is 8.71. The van der Waals surface area contributed by atoms with E-state index in [-0.39, 0.29) is 16.4 Å². The first-order valence-electron chi connectivity index (χ1n) is 8.71. The van der Waals surface area contributed by atoms with Crippen molar-refractivity contribution >= 4 is 0 Å². The second-order valence-electron chi connectivity index (χ2n) is 6.97. The molecule has 0 spiro atoms. The van der Waals surface area contributed by atoms with Crippen LogP contribution in [0.5, 0.6) is 23.0 Å². The predicted octanol–water partition coefficient (Wildman–Crippen LogP) is 3.09. The molecule has 6 heteroatoms. The number of hydrogen-bond donors (Lipinski definition) is 1. The van der Waals surface area contributed by atoms with E-state index in [4.69, 9.17) is 14.2 Å². The zero-order valence-electron chi connectivity index (χ0n) is 15.2. The monoisotopic (exact) mass is 357 g/mol. The number of fused-ring (bicyclic) bond motifs is 4. The van der Waals surface area contributed by atoms with Crippen LogP contribution in [0.3, 0.4) is 0 Å². The summed E-state index contributed by atoms with van der Waals surface area (Å²) in [6, 6.07) is 7.23. The van der Waals surface area contributed by atoms with E-state index in [9.17, 15) is 10.3 Å². The fraction of sp³-hybridized carbons (Fsp3) is 0.400. The molecule has 2 aliphatic rings. The number of rotatable bonds is 3. The molecule has 1 N–H and O–H groups in total. The summed E-state index contributed by atoms with van der Waals surface area (Å²) in [7, 11) is 4.73. The number of ether oxygens (including phenoxy) is 3. The minimum atomic E-state index is -0.365. The molecular formula is C20H23NO5. The van der Waals surface area contributed by atoms with Gasteiger partial charge in [-0.1, -0.05) is 6.07 Å². The summed E-state index contributed by atoms with van der Waals surface area (Å²) in [5, 5.41) is 24.3. The molecule has 2 aromatic rings. The van der Waals surface area contributed by atoms with Crippen LogP contribution in [0.25, 0.3) is 0 Å². The number of phenols is 1. The highest BCUT2D eigenvalue weighted by molar-refractivity contribution is 5.54. The Morgan fingerprint density at radius 1 is 0.962 bits per heavy atom. The number of quaternary nitrogens is 1. The van der Waals surface area contributed by atoms with Gasteiger partial charge in [0.05, 0.1) is 33.4 Å². The molecule has 0 fully saturated rings. The number of aromatic hydroxyl groups is 1. The molecule has 6 nitrogen and oxygen atoms in total. The van der Waals surface area contributed by atoms with Gasteiger partial charge in [-0.05, 0) is 29.3 Å². The Labute approximate surface area is 152 Å². The summed E-state index contributed by atoms with van der Waals surface area (Å²) in [5.74, 6) is 1.80. The molecule has 2 heterocycles. The van der Waals surface area contributed by atoms with E-state index in [1.807, 2.05) is 18.2 Å². The van der Waals surface area contributed by atoms with Crippen LogP contribution < -0.4 is 14.2 Å². The highest BCUT2D eigenvalue weighted by Gasteiger charge is 2.43. The van der Waals surface area contributed by atoms with Crippen molar-refractivity contribution in [3.05, 3.63) is 51.7 Å². The molecule has 2 atom stereocenters. The molecule has 0 amide bonds. The highest BCUT2D eigenvalue weighted by Crippen LogP contribution is 2.50. The molecule has 0 saturated heterocycles. The third-order valence-corrected chi connectivity index (χ3v) is 5.71. The highest BCUT2D eigenvalue weighted by atomic mass is 16.5. The summed E-state index contributed by atoms with van der Waals surface area (Å²) in [4.78, 5) is 0. The van der Waals surface area contributed by atoms with Crippen molar-refractivity contribution < 1.29 is 24.0 Å². The van der Waals surface area contributed by atoms with Crippen molar-refractivity contribution in [1.82, 2.24) is 0 Å². The Bertz CT molecular complexity index is 866. The average Bonchev–Trinajstić information content (AvgIpc) is 2.65. The van der Waals surface area contributed by atoms with Gasteiger partial charge in [0, 0.05) is 18.4 Å². The molecule has 0 aromatic heterocycles. The number of hydroxylamine groups is 3. The quantitative estimate of drug-likeness (QED) is 0.675. The van der Waals surface area contributed by atoms with E-state index in [1.165, 1.54) is 7.11 Å². The van der Waals surface area contributed by atoms with Gasteiger partial charge in [-0.3, -0.25) is 0 Å². The maximum Gasteiger partial charge on any atom is 0.167 e. The summed E-state index contributed by atoms with van der Waals surface area (Å²) in [6.07, 6.45) is 1.20. The van der Waals surface area contributed by atoms with Crippen molar-refractivity contribution in [2.24, 2.45) is 0 Å². The lowest BCUT2D eigenvalue weighted by atomic mass is 9.82. The lowest BCUT2D eigenvalue weighted by molar-refractivity contribution is -0.928. The van der Waals surface area contributed by atoms with E-state index in [1.54, 1.807) is 20.3 Å². The zero-order valence-corrected chi connectivity index (χ0v) is 15.2. The Kier molecular flexibility index (Phi) is 3.97. The molecule has 26 heavy (non-hydrogen) atoms. The summed E-state index contributed by atoms with van der Waals surface area (Å²) in [5.41, 5.74) is 3.81. The SMILES string of the molecule is COc1cc2c(cc1OC)C[N+]1([O-])CCc3ccc(OC)c(O)c3C1C2. The third-order valence-electron chi connectivity index (χ3n) is 5.71. The van der Waals surface area contributed by atoms with Gasteiger partial charge in [0.15, 0.2) is 23.0 Å². The lowest BCUT2D eigenvalue weighted by Gasteiger charge is -2.54. The normalized spacial score (nSPS) is 23.5. The molecule has 2 unspecified atom stereocenters. The Morgan fingerprint density at radius 2 is 1.62 bits per heavy atom. The van der Waals surface area contributed by atoms with Crippen LogP contribution in [0.15, 0.2) is 24.3 Å². The van der Waals surface area contributed by atoms with Crippen LogP contribution in [-0.2, 0) is 19.4 Å². The summed E-state index contributed by atoms with van der Waals surface area (Å²) >= 11 is 0. The predicted molar refractivity (Wildman–Crippen MR) is 96.6 cm³/mol. The zero-order chi connectivity index (χ0) is 18.5. The fourth-order valence-corrected chi connectivity index (χ4v) is 4.34. The smallest absolute Gasteiger partial charge is 0.167 e. The van der Waals surface area contributed by atoms with Crippen molar-refractivity contribution in [1.29, 1.82) is 0 Å². The molecule has 2 aliphatic heterocycles. The van der Waals surface area contributed by atoms with Crippen molar-refractivity contribution in [2.75, 3.05) is 27.9 Å². The van der Waals surface area contributed by atoms with Gasteiger partial charge in [0.2, 0.25) is 0 Å². The third kappa shape index (κ3) is 2.40. The van der Waals surface area contributed by atoms with Crippen LogP contribution in [0.1, 0.15) is 28.3 Å². The van der Waals surface area contributed by atoms with Crippen LogP contribution in [0.2, 0.25) is 0 Å². The minimum absolute atomic E-state index is 0.0944. The van der Waals surface area contributed by atoms with Crippen LogP contribution in [0, 0.1) is 5.21 Å². The van der Waals surface area contributed by atoms with Crippen molar-refractivity contribution in [3.63, 3.8) is 0 Å². The van der Waals surface area contributed by atoms with Gasteiger partial charge in [-0.15, -0.1) is 0 Å². The van der Waals surface area contributed by atoms with E-state index < -0.39 is 0 Å². The lowest BCUT2D eigenvalue weighted by Crippen LogP contribution is -2.52. The second-order valence-corrected chi connectivity index (χ2v) is 6.97. The Morgan fingerprint density at radius 3 is 2.27 bits per heavy atom. The minimum Gasteiger partial charge on any atom is -0.632 e. The van der Waals surface area contributed by atoms with Gasteiger partial charge in [-0.25, -0.2) is 0 Å². The van der Waals surface area contributed by atoms with Crippen molar-refractivity contribution in [3.8, 4) is 23.0 Å². The standard InChI is InChI=1S/C20H23NO5/c1-24-16-5-4-12-6-7-21(23)11-14-10-18(26-3)17(25-2)9-13(14)8-15(21)19(12)20(16)22/h4-5,9-10,15,22H,6-8,11H2,1-3H3. The van der Waals surface area contributed by atoms with Gasteiger partial charge in [0.1, 0.15) is 12.6 Å². The Balaban J connectivity index is 1.84. The maximum atomic E-state index is 13.6. The average molecular weight is 357 g/mol. The molecule has 4 rings (SSSR count). The molecule has 2 aromatic carbocycles. The first kappa shape index (κ1) is 17.0. The van der Waals surface area contributed by atoms with Gasteiger partial charge >= 0.3 is 0 Å². The number of phenolic OH excluding ortho intramolecular Hbond substituents is 1. The maximum absolute atomic E-state index is 13.6. The van der Waals surface area contributed by atoms with Crippen LogP contribution in [-0.4, -0.2) is 37.6 Å². The Hall–Kier alpha value is -2.44. The van der Waals surface area contributed by atoms with Gasteiger partial charge < -0.3 is 29.2 Å². The molecule has 138 valence electrons. The van der Waals surface area contributed by atoms with Gasteiger partial charge in [-0.2, -0.15) is 0 Å². The van der Waals surface area contributed by atoms with E-state index in [0.717, 1.165) is 22.3 Å². The van der Waals surface area contributed by atoms with Crippen molar-refractivity contribution in [2.45, 2.75) is 25.4 Å².